The molecular formula is C12H19N3O. The minimum absolute atomic E-state index is 0.0313. The van der Waals surface area contributed by atoms with E-state index in [0.717, 1.165) is 5.69 Å². The van der Waals surface area contributed by atoms with Crippen molar-refractivity contribution in [1.29, 1.82) is 0 Å². The first-order chi connectivity index (χ1) is 7.65. The lowest BCUT2D eigenvalue weighted by molar-refractivity contribution is -0.125. The fourth-order valence-corrected chi connectivity index (χ4v) is 1.46. The topological polar surface area (TPSA) is 54.0 Å². The SMILES string of the molecule is CNCC(C)C(=O)NC(C)c1ccccn1. The molecule has 0 saturated heterocycles. The minimum Gasteiger partial charge on any atom is -0.348 e. The summed E-state index contributed by atoms with van der Waals surface area (Å²) in [5.74, 6) is 0.0173. The van der Waals surface area contributed by atoms with Crippen LogP contribution in [0.2, 0.25) is 0 Å². The summed E-state index contributed by atoms with van der Waals surface area (Å²) in [5.41, 5.74) is 0.882. The molecule has 0 aliphatic rings. The number of nitrogens with one attached hydrogen (secondary N) is 2. The van der Waals surface area contributed by atoms with Crippen LogP contribution in [0.1, 0.15) is 25.6 Å². The van der Waals surface area contributed by atoms with Gasteiger partial charge in [-0.15, -0.1) is 0 Å². The van der Waals surface area contributed by atoms with E-state index in [1.165, 1.54) is 0 Å². The van der Waals surface area contributed by atoms with Gasteiger partial charge in [0, 0.05) is 18.7 Å². The Bertz CT molecular complexity index is 326. The van der Waals surface area contributed by atoms with E-state index in [9.17, 15) is 4.79 Å². The summed E-state index contributed by atoms with van der Waals surface area (Å²) < 4.78 is 0. The number of carbonyl (C=O) groups is 1. The molecule has 0 aliphatic heterocycles. The summed E-state index contributed by atoms with van der Waals surface area (Å²) >= 11 is 0. The molecule has 1 aromatic rings. The van der Waals surface area contributed by atoms with E-state index in [-0.39, 0.29) is 17.9 Å². The Morgan fingerprint density at radius 2 is 2.19 bits per heavy atom. The lowest BCUT2D eigenvalue weighted by Crippen LogP contribution is -2.36. The van der Waals surface area contributed by atoms with Crippen molar-refractivity contribution in [2.75, 3.05) is 13.6 Å². The molecule has 1 aromatic heterocycles. The summed E-state index contributed by atoms with van der Waals surface area (Å²) in [6.07, 6.45) is 1.73. The van der Waals surface area contributed by atoms with Crippen molar-refractivity contribution in [2.24, 2.45) is 5.92 Å². The van der Waals surface area contributed by atoms with Crippen LogP contribution >= 0.6 is 0 Å². The third-order valence-corrected chi connectivity index (χ3v) is 2.45. The van der Waals surface area contributed by atoms with E-state index in [0.29, 0.717) is 6.54 Å². The van der Waals surface area contributed by atoms with Crippen molar-refractivity contribution in [3.05, 3.63) is 30.1 Å². The van der Waals surface area contributed by atoms with Crippen LogP contribution in [0.25, 0.3) is 0 Å². The van der Waals surface area contributed by atoms with Gasteiger partial charge in [0.2, 0.25) is 5.91 Å². The molecule has 0 aliphatic carbocycles. The molecule has 0 fully saturated rings. The highest BCUT2D eigenvalue weighted by Gasteiger charge is 2.15. The zero-order chi connectivity index (χ0) is 12.0. The van der Waals surface area contributed by atoms with E-state index in [4.69, 9.17) is 0 Å². The molecule has 4 nitrogen and oxygen atoms in total. The average Bonchev–Trinajstić information content (AvgIpc) is 2.30. The average molecular weight is 221 g/mol. The smallest absolute Gasteiger partial charge is 0.224 e. The molecule has 2 N–H and O–H groups in total. The van der Waals surface area contributed by atoms with Crippen molar-refractivity contribution in [3.8, 4) is 0 Å². The van der Waals surface area contributed by atoms with Gasteiger partial charge in [-0.2, -0.15) is 0 Å². The first-order valence-electron chi connectivity index (χ1n) is 5.51. The normalized spacial score (nSPS) is 14.2. The van der Waals surface area contributed by atoms with E-state index in [1.807, 2.05) is 39.1 Å². The molecule has 1 amide bonds. The van der Waals surface area contributed by atoms with Crippen molar-refractivity contribution < 1.29 is 4.79 Å². The number of carbonyl (C=O) groups excluding carboxylic acids is 1. The largest absolute Gasteiger partial charge is 0.348 e. The quantitative estimate of drug-likeness (QED) is 0.783. The summed E-state index contributed by atoms with van der Waals surface area (Å²) in [7, 11) is 1.84. The van der Waals surface area contributed by atoms with Gasteiger partial charge in [0.1, 0.15) is 0 Å². The number of hydrogen-bond donors (Lipinski definition) is 2. The molecule has 0 saturated carbocycles. The molecule has 1 heterocycles. The minimum atomic E-state index is -0.0481. The Kier molecular flexibility index (Phi) is 4.92. The fourth-order valence-electron chi connectivity index (χ4n) is 1.46. The molecule has 4 heteroatoms. The summed E-state index contributed by atoms with van der Waals surface area (Å²) in [6, 6.07) is 5.64. The van der Waals surface area contributed by atoms with E-state index >= 15 is 0 Å². The number of amides is 1. The number of hydrogen-bond acceptors (Lipinski definition) is 3. The van der Waals surface area contributed by atoms with Crippen LogP contribution in [0, 0.1) is 5.92 Å². The maximum absolute atomic E-state index is 11.7. The molecule has 0 bridgehead atoms. The third kappa shape index (κ3) is 3.62. The monoisotopic (exact) mass is 221 g/mol. The maximum atomic E-state index is 11.7. The number of rotatable bonds is 5. The highest BCUT2D eigenvalue weighted by molar-refractivity contribution is 5.78. The van der Waals surface area contributed by atoms with Crippen LogP contribution in [0.4, 0.5) is 0 Å². The first kappa shape index (κ1) is 12.6. The zero-order valence-corrected chi connectivity index (χ0v) is 10.0. The summed E-state index contributed by atoms with van der Waals surface area (Å²) in [5, 5.41) is 5.92. The predicted molar refractivity (Wildman–Crippen MR) is 63.9 cm³/mol. The molecule has 16 heavy (non-hydrogen) atoms. The van der Waals surface area contributed by atoms with Crippen molar-refractivity contribution in [3.63, 3.8) is 0 Å². The number of aromatic nitrogens is 1. The van der Waals surface area contributed by atoms with E-state index < -0.39 is 0 Å². The third-order valence-electron chi connectivity index (χ3n) is 2.45. The van der Waals surface area contributed by atoms with Crippen molar-refractivity contribution in [2.45, 2.75) is 19.9 Å². The maximum Gasteiger partial charge on any atom is 0.224 e. The predicted octanol–water partition coefficient (Wildman–Crippen LogP) is 1.11. The van der Waals surface area contributed by atoms with Gasteiger partial charge in [0.05, 0.1) is 11.7 Å². The molecule has 88 valence electrons. The van der Waals surface area contributed by atoms with Crippen LogP contribution < -0.4 is 10.6 Å². The van der Waals surface area contributed by atoms with Crippen LogP contribution in [0.15, 0.2) is 24.4 Å². The van der Waals surface area contributed by atoms with Gasteiger partial charge >= 0.3 is 0 Å². The van der Waals surface area contributed by atoms with Crippen molar-refractivity contribution in [1.82, 2.24) is 15.6 Å². The van der Waals surface area contributed by atoms with Gasteiger partial charge < -0.3 is 10.6 Å². The Morgan fingerprint density at radius 3 is 2.75 bits per heavy atom. The second-order valence-electron chi connectivity index (χ2n) is 3.94. The zero-order valence-electron chi connectivity index (χ0n) is 10.0. The lowest BCUT2D eigenvalue weighted by atomic mass is 10.1. The second kappa shape index (κ2) is 6.23. The Morgan fingerprint density at radius 1 is 1.44 bits per heavy atom. The highest BCUT2D eigenvalue weighted by Crippen LogP contribution is 2.08. The molecule has 0 spiro atoms. The van der Waals surface area contributed by atoms with E-state index in [2.05, 4.69) is 15.6 Å². The highest BCUT2D eigenvalue weighted by atomic mass is 16.1. The van der Waals surface area contributed by atoms with Crippen LogP contribution in [0.5, 0.6) is 0 Å². The van der Waals surface area contributed by atoms with Crippen LogP contribution in [-0.4, -0.2) is 24.5 Å². The van der Waals surface area contributed by atoms with Crippen LogP contribution in [0.3, 0.4) is 0 Å². The molecule has 1 rings (SSSR count). The van der Waals surface area contributed by atoms with Crippen LogP contribution in [-0.2, 0) is 4.79 Å². The summed E-state index contributed by atoms with van der Waals surface area (Å²) in [6.45, 7) is 4.52. The summed E-state index contributed by atoms with van der Waals surface area (Å²) in [4.78, 5) is 15.9. The van der Waals surface area contributed by atoms with Gasteiger partial charge in [-0.3, -0.25) is 9.78 Å². The Hall–Kier alpha value is -1.42. The van der Waals surface area contributed by atoms with Crippen molar-refractivity contribution >= 4 is 5.91 Å². The lowest BCUT2D eigenvalue weighted by Gasteiger charge is -2.16. The molecule has 2 unspecified atom stereocenters. The fraction of sp³-hybridized carbons (Fsp3) is 0.500. The van der Waals surface area contributed by atoms with Gasteiger partial charge in [-0.05, 0) is 26.1 Å². The molecule has 2 atom stereocenters. The number of nitrogens with zero attached hydrogens (tertiary/aromatic N) is 1. The van der Waals surface area contributed by atoms with Gasteiger partial charge in [0.15, 0.2) is 0 Å². The molecular weight excluding hydrogens is 202 g/mol. The first-order valence-corrected chi connectivity index (χ1v) is 5.51. The van der Waals surface area contributed by atoms with Gasteiger partial charge in [0.25, 0.3) is 0 Å². The van der Waals surface area contributed by atoms with E-state index in [1.54, 1.807) is 6.20 Å². The second-order valence-corrected chi connectivity index (χ2v) is 3.94. The standard InChI is InChI=1S/C12H19N3O/c1-9(8-13-3)12(16)15-10(2)11-6-4-5-7-14-11/h4-7,9-10,13H,8H2,1-3H3,(H,15,16). The Labute approximate surface area is 96.5 Å². The molecule has 0 radical (unpaired) electrons. The van der Waals surface area contributed by atoms with Gasteiger partial charge in [-0.1, -0.05) is 13.0 Å². The number of pyridine rings is 1. The molecule has 0 aromatic carbocycles. The van der Waals surface area contributed by atoms with Gasteiger partial charge in [-0.25, -0.2) is 0 Å². The Balaban J connectivity index is 2.51.